The summed E-state index contributed by atoms with van der Waals surface area (Å²) >= 11 is 0. The fourth-order valence-corrected chi connectivity index (χ4v) is 3.52. The van der Waals surface area contributed by atoms with Crippen LogP contribution in [0.2, 0.25) is 0 Å². The molecule has 0 aromatic heterocycles. The Kier molecular flexibility index (Phi) is 6.60. The number of anilines is 2. The zero-order chi connectivity index (χ0) is 19.9. The van der Waals surface area contributed by atoms with Crippen molar-refractivity contribution in [1.29, 1.82) is 0 Å². The van der Waals surface area contributed by atoms with Crippen molar-refractivity contribution in [2.24, 2.45) is 0 Å². The van der Waals surface area contributed by atoms with E-state index < -0.39 is 6.09 Å². The molecule has 0 spiro atoms. The van der Waals surface area contributed by atoms with Crippen molar-refractivity contribution >= 4 is 17.5 Å². The molecule has 1 fully saturated rings. The third-order valence-electron chi connectivity index (χ3n) is 5.04. The first-order valence-corrected chi connectivity index (χ1v) is 9.38. The van der Waals surface area contributed by atoms with Crippen molar-refractivity contribution in [3.63, 3.8) is 0 Å². The average molecular weight is 385 g/mol. The van der Waals surface area contributed by atoms with Gasteiger partial charge in [-0.1, -0.05) is 24.3 Å². The maximum absolute atomic E-state index is 11.8. The smallest absolute Gasteiger partial charge is 0.411 e. The lowest BCUT2D eigenvalue weighted by Gasteiger charge is -2.37. The summed E-state index contributed by atoms with van der Waals surface area (Å²) in [6.07, 6.45) is -0.975. The molecule has 0 bridgehead atoms. The van der Waals surface area contributed by atoms with Crippen LogP contribution in [0.15, 0.2) is 48.5 Å². The molecule has 3 rings (SSSR count). The molecule has 28 heavy (non-hydrogen) atoms. The highest BCUT2D eigenvalue weighted by Gasteiger charge is 2.22. The van der Waals surface area contributed by atoms with Crippen LogP contribution in [0.25, 0.3) is 0 Å². The number of hydrogen-bond donors (Lipinski definition) is 1. The first kappa shape index (κ1) is 19.8. The SMILES string of the molecule is COc1ccccc1N1CCN(CCN(C(=O)O)c2ccccc2OC)CC1. The third kappa shape index (κ3) is 4.48. The van der Waals surface area contributed by atoms with Crippen LogP contribution >= 0.6 is 0 Å². The quantitative estimate of drug-likeness (QED) is 0.790. The number of rotatable bonds is 7. The Bertz CT molecular complexity index is 791. The Morgan fingerprint density at radius 3 is 2.21 bits per heavy atom. The summed E-state index contributed by atoms with van der Waals surface area (Å²) in [5, 5.41) is 9.65. The molecule has 1 aliphatic heterocycles. The van der Waals surface area contributed by atoms with E-state index in [-0.39, 0.29) is 0 Å². The highest BCUT2D eigenvalue weighted by Crippen LogP contribution is 2.29. The summed E-state index contributed by atoms with van der Waals surface area (Å²) in [7, 11) is 3.24. The van der Waals surface area contributed by atoms with Crippen LogP contribution in [0, 0.1) is 0 Å². The molecule has 2 aromatic rings. The number of hydrogen-bond acceptors (Lipinski definition) is 5. The van der Waals surface area contributed by atoms with Crippen LogP contribution < -0.4 is 19.3 Å². The molecule has 0 saturated carbocycles. The minimum Gasteiger partial charge on any atom is -0.495 e. The molecule has 0 radical (unpaired) electrons. The molecule has 0 atom stereocenters. The standard InChI is InChI=1S/C21H27N3O4/c1-27-19-9-5-3-7-17(19)23-14-11-22(12-15-23)13-16-24(21(25)26)18-8-4-6-10-20(18)28-2/h3-10H,11-16H2,1-2H3,(H,25,26). The van der Waals surface area contributed by atoms with Crippen molar-refractivity contribution in [3.05, 3.63) is 48.5 Å². The van der Waals surface area contributed by atoms with E-state index in [0.717, 1.165) is 37.6 Å². The summed E-state index contributed by atoms with van der Waals surface area (Å²) in [4.78, 5) is 17.7. The Morgan fingerprint density at radius 1 is 0.964 bits per heavy atom. The van der Waals surface area contributed by atoms with Gasteiger partial charge >= 0.3 is 6.09 Å². The van der Waals surface area contributed by atoms with Crippen LogP contribution in [0.3, 0.4) is 0 Å². The highest BCUT2D eigenvalue weighted by atomic mass is 16.5. The van der Waals surface area contributed by atoms with Crippen molar-refractivity contribution in [2.45, 2.75) is 0 Å². The number of para-hydroxylation sites is 4. The van der Waals surface area contributed by atoms with Crippen molar-refractivity contribution in [3.8, 4) is 11.5 Å². The molecule has 2 aromatic carbocycles. The molecule has 1 heterocycles. The normalized spacial score (nSPS) is 14.6. The summed E-state index contributed by atoms with van der Waals surface area (Å²) in [6.45, 7) is 4.56. The van der Waals surface area contributed by atoms with Gasteiger partial charge in [-0.15, -0.1) is 0 Å². The molecular weight excluding hydrogens is 358 g/mol. The number of nitrogens with zero attached hydrogens (tertiary/aromatic N) is 3. The lowest BCUT2D eigenvalue weighted by Crippen LogP contribution is -2.49. The second-order valence-corrected chi connectivity index (χ2v) is 6.61. The van der Waals surface area contributed by atoms with E-state index in [4.69, 9.17) is 9.47 Å². The monoisotopic (exact) mass is 385 g/mol. The maximum Gasteiger partial charge on any atom is 0.411 e. The molecule has 1 N–H and O–H groups in total. The number of carbonyl (C=O) groups is 1. The van der Waals surface area contributed by atoms with E-state index in [2.05, 4.69) is 15.9 Å². The van der Waals surface area contributed by atoms with Gasteiger partial charge in [0.15, 0.2) is 0 Å². The van der Waals surface area contributed by atoms with Gasteiger partial charge in [-0.05, 0) is 24.3 Å². The van der Waals surface area contributed by atoms with Crippen LogP contribution in [0.1, 0.15) is 0 Å². The van der Waals surface area contributed by atoms with E-state index in [9.17, 15) is 9.90 Å². The first-order valence-electron chi connectivity index (χ1n) is 9.38. The summed E-state index contributed by atoms with van der Waals surface area (Å²) in [6, 6.07) is 15.2. The number of methoxy groups -OCH3 is 2. The lowest BCUT2D eigenvalue weighted by molar-refractivity contribution is 0.198. The van der Waals surface area contributed by atoms with E-state index in [0.29, 0.717) is 24.5 Å². The topological polar surface area (TPSA) is 65.5 Å². The fourth-order valence-electron chi connectivity index (χ4n) is 3.52. The second-order valence-electron chi connectivity index (χ2n) is 6.61. The molecule has 1 aliphatic rings. The number of ether oxygens (including phenoxy) is 2. The Balaban J connectivity index is 1.59. The summed E-state index contributed by atoms with van der Waals surface area (Å²) in [5.41, 5.74) is 1.68. The maximum atomic E-state index is 11.8. The van der Waals surface area contributed by atoms with Gasteiger partial charge in [-0.3, -0.25) is 9.80 Å². The van der Waals surface area contributed by atoms with Gasteiger partial charge in [0, 0.05) is 39.3 Å². The average Bonchev–Trinajstić information content (AvgIpc) is 2.74. The van der Waals surface area contributed by atoms with E-state index >= 15 is 0 Å². The van der Waals surface area contributed by atoms with Gasteiger partial charge < -0.3 is 19.5 Å². The molecule has 1 saturated heterocycles. The Labute approximate surface area is 165 Å². The zero-order valence-corrected chi connectivity index (χ0v) is 16.4. The molecule has 0 aliphatic carbocycles. The predicted molar refractivity (Wildman–Crippen MR) is 110 cm³/mol. The van der Waals surface area contributed by atoms with Gasteiger partial charge in [0.25, 0.3) is 0 Å². The summed E-state index contributed by atoms with van der Waals surface area (Å²) < 4.78 is 10.8. The predicted octanol–water partition coefficient (Wildman–Crippen LogP) is 3.01. The third-order valence-corrected chi connectivity index (χ3v) is 5.04. The Hall–Kier alpha value is -2.93. The first-order chi connectivity index (χ1) is 13.6. The van der Waals surface area contributed by atoms with Gasteiger partial charge in [-0.2, -0.15) is 0 Å². The number of piperazine rings is 1. The van der Waals surface area contributed by atoms with Crippen LogP contribution in [0.4, 0.5) is 16.2 Å². The lowest BCUT2D eigenvalue weighted by atomic mass is 10.2. The van der Waals surface area contributed by atoms with Crippen LogP contribution in [0.5, 0.6) is 11.5 Å². The molecule has 7 heteroatoms. The highest BCUT2D eigenvalue weighted by molar-refractivity contribution is 5.88. The fraction of sp³-hybridized carbons (Fsp3) is 0.381. The number of carboxylic acid groups (broad SMARTS) is 1. The molecule has 7 nitrogen and oxygen atoms in total. The largest absolute Gasteiger partial charge is 0.495 e. The van der Waals surface area contributed by atoms with Crippen molar-refractivity contribution in [1.82, 2.24) is 4.90 Å². The zero-order valence-electron chi connectivity index (χ0n) is 16.4. The number of amides is 1. The van der Waals surface area contributed by atoms with Crippen LogP contribution in [-0.4, -0.2) is 69.6 Å². The molecule has 150 valence electrons. The Morgan fingerprint density at radius 2 is 1.57 bits per heavy atom. The minimum absolute atomic E-state index is 0.393. The second kappa shape index (κ2) is 9.32. The van der Waals surface area contributed by atoms with Gasteiger partial charge in [-0.25, -0.2) is 4.79 Å². The van der Waals surface area contributed by atoms with E-state index in [1.54, 1.807) is 26.4 Å². The molecule has 1 amide bonds. The van der Waals surface area contributed by atoms with E-state index in [1.165, 1.54) is 4.90 Å². The van der Waals surface area contributed by atoms with E-state index in [1.807, 2.05) is 30.3 Å². The molecular formula is C21H27N3O4. The minimum atomic E-state index is -0.975. The number of benzene rings is 2. The van der Waals surface area contributed by atoms with Gasteiger partial charge in [0.05, 0.1) is 25.6 Å². The summed E-state index contributed by atoms with van der Waals surface area (Å²) in [5.74, 6) is 1.44. The van der Waals surface area contributed by atoms with Crippen LogP contribution in [-0.2, 0) is 0 Å². The van der Waals surface area contributed by atoms with Crippen molar-refractivity contribution in [2.75, 3.05) is 63.3 Å². The van der Waals surface area contributed by atoms with Crippen molar-refractivity contribution < 1.29 is 19.4 Å². The van der Waals surface area contributed by atoms with Gasteiger partial charge in [0.1, 0.15) is 11.5 Å². The molecule has 0 unspecified atom stereocenters. The van der Waals surface area contributed by atoms with Gasteiger partial charge in [0.2, 0.25) is 0 Å².